The fourth-order valence-electron chi connectivity index (χ4n) is 1.52. The molecule has 0 spiro atoms. The predicted octanol–water partition coefficient (Wildman–Crippen LogP) is 4.11. The standard InChI is InChI=1S/C11H10BrF3N2OS2/c1-5(6-3-4-7(12)19-6)16-9-17-8(18)10(2,20-9)11(13,14)15/h3-5H,1-2H3,(H,16,17,18)/t5-,10?/m0/s1. The van der Waals surface area contributed by atoms with E-state index in [4.69, 9.17) is 0 Å². The average molecular weight is 387 g/mol. The van der Waals surface area contributed by atoms with Gasteiger partial charge in [0.15, 0.2) is 9.91 Å². The number of nitrogens with one attached hydrogen (secondary N) is 1. The Balaban J connectivity index is 2.20. The van der Waals surface area contributed by atoms with Crippen LogP contribution in [-0.4, -0.2) is 22.0 Å². The number of nitrogens with zero attached hydrogens (tertiary/aromatic N) is 1. The number of rotatable bonds is 2. The summed E-state index contributed by atoms with van der Waals surface area (Å²) < 4.78 is 37.1. The van der Waals surface area contributed by atoms with Crippen LogP contribution in [0.2, 0.25) is 0 Å². The van der Waals surface area contributed by atoms with Crippen LogP contribution in [0.1, 0.15) is 24.8 Å². The SMILES string of the molecule is C[C@H](N=C1NC(=O)C(C)(C(F)(F)F)S1)c1ccc(Br)s1. The van der Waals surface area contributed by atoms with Crippen LogP contribution in [0.5, 0.6) is 0 Å². The first-order chi connectivity index (χ1) is 9.13. The number of carbonyl (C=O) groups is 1. The molecule has 2 atom stereocenters. The summed E-state index contributed by atoms with van der Waals surface area (Å²) in [6, 6.07) is 3.37. The summed E-state index contributed by atoms with van der Waals surface area (Å²) in [5.41, 5.74) is 0. The zero-order chi connectivity index (χ0) is 15.1. The number of hydrogen-bond donors (Lipinski definition) is 1. The van der Waals surface area contributed by atoms with Crippen molar-refractivity contribution in [3.63, 3.8) is 0 Å². The van der Waals surface area contributed by atoms with Gasteiger partial charge in [0, 0.05) is 4.88 Å². The van der Waals surface area contributed by atoms with Gasteiger partial charge < -0.3 is 5.32 Å². The topological polar surface area (TPSA) is 41.5 Å². The Kier molecular flexibility index (Phi) is 4.23. The van der Waals surface area contributed by atoms with E-state index in [1.54, 1.807) is 6.92 Å². The van der Waals surface area contributed by atoms with Crippen molar-refractivity contribution in [2.75, 3.05) is 0 Å². The molecule has 20 heavy (non-hydrogen) atoms. The van der Waals surface area contributed by atoms with Crippen LogP contribution in [0.25, 0.3) is 0 Å². The summed E-state index contributed by atoms with van der Waals surface area (Å²) in [6.07, 6.45) is -4.62. The van der Waals surface area contributed by atoms with Crippen molar-refractivity contribution in [2.45, 2.75) is 30.8 Å². The molecule has 0 aliphatic carbocycles. The minimum absolute atomic E-state index is 0.00634. The highest BCUT2D eigenvalue weighted by molar-refractivity contribution is 9.11. The summed E-state index contributed by atoms with van der Waals surface area (Å²) in [4.78, 5) is 16.6. The van der Waals surface area contributed by atoms with Gasteiger partial charge in [-0.25, -0.2) is 0 Å². The molecule has 1 unspecified atom stereocenters. The van der Waals surface area contributed by atoms with Crippen molar-refractivity contribution < 1.29 is 18.0 Å². The van der Waals surface area contributed by atoms with Gasteiger partial charge in [0.1, 0.15) is 0 Å². The number of amidine groups is 1. The van der Waals surface area contributed by atoms with Gasteiger partial charge in [-0.05, 0) is 41.9 Å². The number of aliphatic imine (C=N–C) groups is 1. The zero-order valence-electron chi connectivity index (χ0n) is 10.4. The van der Waals surface area contributed by atoms with Crippen LogP contribution < -0.4 is 5.32 Å². The summed E-state index contributed by atoms with van der Waals surface area (Å²) in [5.74, 6) is -1.08. The molecule has 1 aromatic heterocycles. The van der Waals surface area contributed by atoms with Crippen molar-refractivity contribution in [2.24, 2.45) is 4.99 Å². The fraction of sp³-hybridized carbons (Fsp3) is 0.455. The Morgan fingerprint density at radius 1 is 1.45 bits per heavy atom. The van der Waals surface area contributed by atoms with Crippen molar-refractivity contribution in [1.29, 1.82) is 0 Å². The van der Waals surface area contributed by atoms with Crippen molar-refractivity contribution >= 4 is 50.1 Å². The second kappa shape index (κ2) is 5.34. The number of carbonyl (C=O) groups excluding carboxylic acids is 1. The Bertz CT molecular complexity index is 572. The van der Waals surface area contributed by atoms with Crippen LogP contribution in [0, 0.1) is 0 Å². The minimum atomic E-state index is -4.62. The van der Waals surface area contributed by atoms with Crippen LogP contribution in [0.3, 0.4) is 0 Å². The molecule has 0 aromatic carbocycles. The number of hydrogen-bond acceptors (Lipinski definition) is 4. The van der Waals surface area contributed by atoms with Crippen LogP contribution in [0.4, 0.5) is 13.2 Å². The third kappa shape index (κ3) is 2.89. The van der Waals surface area contributed by atoms with Gasteiger partial charge >= 0.3 is 6.18 Å². The Morgan fingerprint density at radius 2 is 2.10 bits per heavy atom. The van der Waals surface area contributed by atoms with Gasteiger partial charge in [0.2, 0.25) is 0 Å². The molecule has 2 heterocycles. The number of thiophene rings is 1. The van der Waals surface area contributed by atoms with Gasteiger partial charge in [0.25, 0.3) is 5.91 Å². The number of amides is 1. The molecule has 0 saturated carbocycles. The molecule has 1 fully saturated rings. The molecular formula is C11H10BrF3N2OS2. The monoisotopic (exact) mass is 386 g/mol. The Morgan fingerprint density at radius 3 is 2.55 bits per heavy atom. The molecule has 9 heteroatoms. The maximum Gasteiger partial charge on any atom is 0.412 e. The van der Waals surface area contributed by atoms with E-state index >= 15 is 0 Å². The van der Waals surface area contributed by atoms with Crippen LogP contribution >= 0.6 is 39.0 Å². The average Bonchev–Trinajstić information content (AvgIpc) is 2.84. The minimum Gasteiger partial charge on any atom is -0.304 e. The third-order valence-corrected chi connectivity index (χ3v) is 5.83. The summed E-state index contributed by atoms with van der Waals surface area (Å²) in [5, 5.41) is 2.21. The third-order valence-electron chi connectivity index (χ3n) is 2.81. The maximum atomic E-state index is 12.9. The maximum absolute atomic E-state index is 12.9. The smallest absolute Gasteiger partial charge is 0.304 e. The lowest BCUT2D eigenvalue weighted by atomic mass is 10.1. The van der Waals surface area contributed by atoms with Gasteiger partial charge in [-0.3, -0.25) is 9.79 Å². The highest BCUT2D eigenvalue weighted by Gasteiger charge is 2.61. The first-order valence-corrected chi connectivity index (χ1v) is 7.96. The number of thioether (sulfide) groups is 1. The van der Waals surface area contributed by atoms with Gasteiger partial charge in [0.05, 0.1) is 9.83 Å². The largest absolute Gasteiger partial charge is 0.412 e. The van der Waals surface area contributed by atoms with E-state index < -0.39 is 16.8 Å². The second-order valence-corrected chi connectivity index (χ2v) is 8.24. The normalized spacial score (nSPS) is 26.9. The van der Waals surface area contributed by atoms with Gasteiger partial charge in [-0.2, -0.15) is 13.2 Å². The molecule has 1 N–H and O–H groups in total. The van der Waals surface area contributed by atoms with Crippen molar-refractivity contribution in [3.8, 4) is 0 Å². The molecule has 1 saturated heterocycles. The molecule has 1 amide bonds. The van der Waals surface area contributed by atoms with Gasteiger partial charge in [-0.15, -0.1) is 11.3 Å². The molecular weight excluding hydrogens is 377 g/mol. The number of halogens is 4. The molecule has 1 aliphatic rings. The molecule has 1 aliphatic heterocycles. The van der Waals surface area contributed by atoms with E-state index in [-0.39, 0.29) is 11.2 Å². The van der Waals surface area contributed by atoms with E-state index in [0.29, 0.717) is 11.8 Å². The highest BCUT2D eigenvalue weighted by Crippen LogP contribution is 2.45. The van der Waals surface area contributed by atoms with Crippen LogP contribution in [-0.2, 0) is 4.79 Å². The lowest BCUT2D eigenvalue weighted by molar-refractivity contribution is -0.166. The van der Waals surface area contributed by atoms with Crippen molar-refractivity contribution in [1.82, 2.24) is 5.32 Å². The molecule has 0 bridgehead atoms. The lowest BCUT2D eigenvalue weighted by Crippen LogP contribution is -2.46. The summed E-state index contributed by atoms with van der Waals surface area (Å²) in [6.45, 7) is 2.63. The molecule has 3 nitrogen and oxygen atoms in total. The van der Waals surface area contributed by atoms with E-state index in [9.17, 15) is 18.0 Å². The second-order valence-electron chi connectivity index (χ2n) is 4.34. The van der Waals surface area contributed by atoms with E-state index in [0.717, 1.165) is 15.6 Å². The van der Waals surface area contributed by atoms with E-state index in [1.807, 2.05) is 12.1 Å². The zero-order valence-corrected chi connectivity index (χ0v) is 13.6. The first-order valence-electron chi connectivity index (χ1n) is 5.54. The van der Waals surface area contributed by atoms with Gasteiger partial charge in [-0.1, -0.05) is 11.8 Å². The van der Waals surface area contributed by atoms with Crippen LogP contribution in [0.15, 0.2) is 20.9 Å². The Hall–Kier alpha value is -0.540. The fourth-order valence-corrected chi connectivity index (χ4v) is 3.93. The van der Waals surface area contributed by atoms with Crippen molar-refractivity contribution in [3.05, 3.63) is 20.8 Å². The Labute approximate surface area is 130 Å². The molecule has 1 aromatic rings. The highest BCUT2D eigenvalue weighted by atomic mass is 79.9. The van der Waals surface area contributed by atoms with E-state index in [2.05, 4.69) is 26.2 Å². The quantitative estimate of drug-likeness (QED) is 0.830. The molecule has 2 rings (SSSR count). The van der Waals surface area contributed by atoms with E-state index in [1.165, 1.54) is 11.3 Å². The molecule has 110 valence electrons. The first kappa shape index (κ1) is 15.8. The summed E-state index contributed by atoms with van der Waals surface area (Å²) in [7, 11) is 0. The lowest BCUT2D eigenvalue weighted by Gasteiger charge is -2.21. The summed E-state index contributed by atoms with van der Waals surface area (Å²) >= 11 is 5.18. The molecule has 0 radical (unpaired) electrons. The predicted molar refractivity (Wildman–Crippen MR) is 78.1 cm³/mol. The number of alkyl halides is 3.